The van der Waals surface area contributed by atoms with Gasteiger partial charge in [-0.2, -0.15) is 4.31 Å². The maximum atomic E-state index is 13.2. The van der Waals surface area contributed by atoms with Crippen molar-refractivity contribution in [3.05, 3.63) is 23.5 Å². The van der Waals surface area contributed by atoms with Crippen molar-refractivity contribution < 1.29 is 8.42 Å². The Bertz CT molecular complexity index is 850. The number of hydrogen-bond donors (Lipinski definition) is 1. The van der Waals surface area contributed by atoms with Crippen LogP contribution in [-0.4, -0.2) is 59.8 Å². The van der Waals surface area contributed by atoms with Crippen LogP contribution < -0.4 is 0 Å². The summed E-state index contributed by atoms with van der Waals surface area (Å²) in [6, 6.07) is 2.42. The fourth-order valence-corrected chi connectivity index (χ4v) is 5.79. The Morgan fingerprint density at radius 1 is 1.30 bits per heavy atom. The molecule has 23 heavy (non-hydrogen) atoms. The SMILES string of the molecule is CN1C2CCC1CN(S(=O)(=O)c1c[nH]c3nccc(Cl)c13)CC2. The van der Waals surface area contributed by atoms with E-state index in [1.165, 1.54) is 6.20 Å². The molecule has 1 N–H and O–H groups in total. The minimum Gasteiger partial charge on any atom is -0.345 e. The molecule has 2 atom stereocenters. The van der Waals surface area contributed by atoms with Gasteiger partial charge in [-0.05, 0) is 32.4 Å². The van der Waals surface area contributed by atoms with E-state index in [-0.39, 0.29) is 4.90 Å². The number of pyridine rings is 1. The number of halogens is 1. The second-order valence-corrected chi connectivity index (χ2v) is 8.69. The molecular weight excluding hydrogens is 336 g/mol. The third-order valence-corrected chi connectivity index (χ3v) is 7.42. The van der Waals surface area contributed by atoms with E-state index in [0.29, 0.717) is 41.2 Å². The lowest BCUT2D eigenvalue weighted by molar-refractivity contribution is 0.246. The molecule has 0 saturated carbocycles. The number of fused-ring (bicyclic) bond motifs is 3. The van der Waals surface area contributed by atoms with Crippen LogP contribution in [0.15, 0.2) is 23.4 Å². The minimum absolute atomic E-state index is 0.228. The highest BCUT2D eigenvalue weighted by Crippen LogP contribution is 2.34. The monoisotopic (exact) mass is 354 g/mol. The van der Waals surface area contributed by atoms with Crippen molar-refractivity contribution in [3.8, 4) is 0 Å². The van der Waals surface area contributed by atoms with Gasteiger partial charge in [0.2, 0.25) is 10.0 Å². The molecule has 2 bridgehead atoms. The summed E-state index contributed by atoms with van der Waals surface area (Å²) in [6.45, 7) is 1.10. The first-order valence-electron chi connectivity index (χ1n) is 7.82. The molecule has 4 rings (SSSR count). The first-order chi connectivity index (χ1) is 11.0. The molecule has 0 spiro atoms. The van der Waals surface area contributed by atoms with Crippen LogP contribution in [0.1, 0.15) is 19.3 Å². The Hall–Kier alpha value is -1.15. The molecule has 2 aliphatic heterocycles. The second kappa shape index (κ2) is 5.44. The second-order valence-electron chi connectivity index (χ2n) is 6.37. The number of likely N-dealkylation sites (N-methyl/N-ethyl adjacent to an activating group) is 1. The van der Waals surface area contributed by atoms with E-state index in [2.05, 4.69) is 21.9 Å². The van der Waals surface area contributed by atoms with Gasteiger partial charge in [0.15, 0.2) is 0 Å². The summed E-state index contributed by atoms with van der Waals surface area (Å²) < 4.78 is 27.9. The van der Waals surface area contributed by atoms with E-state index in [4.69, 9.17) is 11.6 Å². The van der Waals surface area contributed by atoms with Crippen LogP contribution in [0, 0.1) is 0 Å². The van der Waals surface area contributed by atoms with Gasteiger partial charge in [-0.15, -0.1) is 0 Å². The number of nitrogens with one attached hydrogen (secondary N) is 1. The molecule has 4 heterocycles. The Morgan fingerprint density at radius 3 is 2.91 bits per heavy atom. The quantitative estimate of drug-likeness (QED) is 0.896. The van der Waals surface area contributed by atoms with E-state index in [1.54, 1.807) is 16.6 Å². The van der Waals surface area contributed by atoms with Crippen LogP contribution in [0.2, 0.25) is 5.02 Å². The third kappa shape index (κ3) is 2.38. The van der Waals surface area contributed by atoms with E-state index in [1.807, 2.05) is 0 Å². The Kier molecular flexibility index (Phi) is 3.64. The van der Waals surface area contributed by atoms with E-state index in [9.17, 15) is 8.42 Å². The molecule has 0 aromatic carbocycles. The zero-order valence-electron chi connectivity index (χ0n) is 12.9. The van der Waals surface area contributed by atoms with Crippen molar-refractivity contribution in [1.29, 1.82) is 0 Å². The van der Waals surface area contributed by atoms with Gasteiger partial charge < -0.3 is 4.98 Å². The van der Waals surface area contributed by atoms with Crippen molar-refractivity contribution in [2.24, 2.45) is 0 Å². The summed E-state index contributed by atoms with van der Waals surface area (Å²) in [5, 5.41) is 0.889. The molecule has 2 unspecified atom stereocenters. The molecule has 0 aliphatic carbocycles. The van der Waals surface area contributed by atoms with Crippen LogP contribution in [0.25, 0.3) is 11.0 Å². The number of hydrogen-bond acceptors (Lipinski definition) is 4. The van der Waals surface area contributed by atoms with Crippen LogP contribution >= 0.6 is 11.6 Å². The maximum absolute atomic E-state index is 13.2. The summed E-state index contributed by atoms with van der Waals surface area (Å²) in [5.41, 5.74) is 0.504. The van der Waals surface area contributed by atoms with Crippen molar-refractivity contribution in [3.63, 3.8) is 0 Å². The van der Waals surface area contributed by atoms with Crippen molar-refractivity contribution >= 4 is 32.7 Å². The van der Waals surface area contributed by atoms with Crippen LogP contribution in [-0.2, 0) is 10.0 Å². The lowest BCUT2D eigenvalue weighted by Crippen LogP contribution is -2.39. The van der Waals surface area contributed by atoms with Crippen molar-refractivity contribution in [1.82, 2.24) is 19.2 Å². The van der Waals surface area contributed by atoms with Crippen LogP contribution in [0.5, 0.6) is 0 Å². The van der Waals surface area contributed by atoms with Gasteiger partial charge in [-0.25, -0.2) is 13.4 Å². The van der Waals surface area contributed by atoms with E-state index < -0.39 is 10.0 Å². The summed E-state index contributed by atoms with van der Waals surface area (Å²) >= 11 is 6.22. The largest absolute Gasteiger partial charge is 0.345 e. The zero-order valence-corrected chi connectivity index (χ0v) is 14.4. The average molecular weight is 355 g/mol. The highest BCUT2D eigenvalue weighted by molar-refractivity contribution is 7.89. The number of rotatable bonds is 2. The molecule has 6 nitrogen and oxygen atoms in total. The summed E-state index contributed by atoms with van der Waals surface area (Å²) in [4.78, 5) is 9.64. The Balaban J connectivity index is 1.75. The van der Waals surface area contributed by atoms with Crippen LogP contribution in [0.3, 0.4) is 0 Å². The Labute approximate surface area is 140 Å². The maximum Gasteiger partial charge on any atom is 0.245 e. The predicted octanol–water partition coefficient (Wildman–Crippen LogP) is 2.07. The van der Waals surface area contributed by atoms with Crippen molar-refractivity contribution in [2.75, 3.05) is 20.1 Å². The molecule has 0 amide bonds. The normalized spacial score (nSPS) is 26.7. The summed E-state index contributed by atoms with van der Waals surface area (Å²) in [5.74, 6) is 0. The molecule has 2 saturated heterocycles. The molecular formula is C15H19ClN4O2S. The van der Waals surface area contributed by atoms with Gasteiger partial charge in [0.25, 0.3) is 0 Å². The van der Waals surface area contributed by atoms with Gasteiger partial charge >= 0.3 is 0 Å². The summed E-state index contributed by atoms with van der Waals surface area (Å²) in [7, 11) is -1.48. The highest BCUT2D eigenvalue weighted by atomic mass is 35.5. The highest BCUT2D eigenvalue weighted by Gasteiger charge is 2.39. The molecule has 8 heteroatoms. The lowest BCUT2D eigenvalue weighted by Gasteiger charge is -2.25. The third-order valence-electron chi connectivity index (χ3n) is 5.22. The fraction of sp³-hybridized carbons (Fsp3) is 0.533. The zero-order chi connectivity index (χ0) is 16.2. The smallest absolute Gasteiger partial charge is 0.245 e. The fourth-order valence-electron chi connectivity index (χ4n) is 3.83. The van der Waals surface area contributed by atoms with Gasteiger partial charge in [0.1, 0.15) is 10.5 Å². The first kappa shape index (κ1) is 15.4. The van der Waals surface area contributed by atoms with E-state index in [0.717, 1.165) is 19.3 Å². The van der Waals surface area contributed by atoms with Crippen molar-refractivity contribution in [2.45, 2.75) is 36.2 Å². The molecule has 124 valence electrons. The van der Waals surface area contributed by atoms with Gasteiger partial charge in [-0.3, -0.25) is 4.90 Å². The number of aromatic amines is 1. The standard InChI is InChI=1S/C15H19ClN4O2S/c1-19-10-2-3-11(19)9-20(7-5-10)23(21,22)13-8-18-15-14(13)12(16)4-6-17-15/h4,6,8,10-11H,2-3,5,7,9H2,1H3,(H,17,18). The number of nitrogens with zero attached hydrogens (tertiary/aromatic N) is 3. The number of aromatic nitrogens is 2. The first-order valence-corrected chi connectivity index (χ1v) is 9.64. The average Bonchev–Trinajstić information content (AvgIpc) is 3.02. The summed E-state index contributed by atoms with van der Waals surface area (Å²) in [6.07, 6.45) is 6.17. The molecule has 2 aromatic heterocycles. The predicted molar refractivity (Wildman–Crippen MR) is 89.1 cm³/mol. The van der Waals surface area contributed by atoms with Gasteiger partial charge in [-0.1, -0.05) is 11.6 Å². The number of H-pyrrole nitrogens is 1. The van der Waals surface area contributed by atoms with Gasteiger partial charge in [0.05, 0.1) is 10.4 Å². The minimum atomic E-state index is -3.59. The number of sulfonamides is 1. The lowest BCUT2D eigenvalue weighted by atomic mass is 10.1. The molecule has 2 aliphatic rings. The molecule has 2 fully saturated rings. The topological polar surface area (TPSA) is 69.3 Å². The Morgan fingerprint density at radius 2 is 2.09 bits per heavy atom. The molecule has 2 aromatic rings. The van der Waals surface area contributed by atoms with E-state index >= 15 is 0 Å². The van der Waals surface area contributed by atoms with Crippen LogP contribution in [0.4, 0.5) is 0 Å². The molecule has 0 radical (unpaired) electrons. The van der Waals surface area contributed by atoms with Gasteiger partial charge in [0, 0.05) is 37.6 Å².